The van der Waals surface area contributed by atoms with Crippen molar-refractivity contribution in [2.24, 2.45) is 0 Å². The Morgan fingerprint density at radius 1 is 1.30 bits per heavy atom. The third-order valence-corrected chi connectivity index (χ3v) is 4.36. The van der Waals surface area contributed by atoms with Gasteiger partial charge in [-0.1, -0.05) is 6.07 Å². The fourth-order valence-electron chi connectivity index (χ4n) is 2.31. The molecule has 0 atom stereocenters. The van der Waals surface area contributed by atoms with Crippen LogP contribution in [0, 0.1) is 11.3 Å². The summed E-state index contributed by atoms with van der Waals surface area (Å²) in [5.41, 5.74) is 0.295. The minimum absolute atomic E-state index is 0.0517. The lowest BCUT2D eigenvalue weighted by Crippen LogP contribution is -2.36. The summed E-state index contributed by atoms with van der Waals surface area (Å²) in [5, 5.41) is 11.9. The number of nitrogens with one attached hydrogen (secondary N) is 1. The van der Waals surface area contributed by atoms with Crippen LogP contribution in [0.25, 0.3) is 0 Å². The Bertz CT molecular complexity index is 759. The topological polar surface area (TPSA) is 111 Å². The molecule has 2 N–H and O–H groups in total. The Kier molecular flexibility index (Phi) is 5.36. The molecule has 0 unspecified atom stereocenters. The van der Waals surface area contributed by atoms with Gasteiger partial charge >= 0.3 is 0 Å². The van der Waals surface area contributed by atoms with Crippen LogP contribution in [0.5, 0.6) is 0 Å². The van der Waals surface area contributed by atoms with Crippen LogP contribution in [-0.4, -0.2) is 36.9 Å². The van der Waals surface area contributed by atoms with Gasteiger partial charge in [-0.05, 0) is 37.5 Å². The van der Waals surface area contributed by atoms with Crippen molar-refractivity contribution in [3.8, 4) is 6.07 Å². The number of hydrogen-bond donors (Lipinski definition) is 2. The Morgan fingerprint density at radius 2 is 2.00 bits per heavy atom. The van der Waals surface area contributed by atoms with Crippen molar-refractivity contribution < 1.29 is 17.8 Å². The maximum atomic E-state index is 12.2. The van der Waals surface area contributed by atoms with Crippen molar-refractivity contribution in [2.45, 2.75) is 24.2 Å². The molecule has 1 aromatic carbocycles. The summed E-state index contributed by atoms with van der Waals surface area (Å²) in [4.78, 5) is 13.6. The molecule has 2 rings (SSSR count). The molecular weight excluding hydrogens is 318 g/mol. The fourth-order valence-corrected chi connectivity index (χ4v) is 2.84. The van der Waals surface area contributed by atoms with Crippen LogP contribution in [0.3, 0.4) is 0 Å². The number of carbonyl (C=O) groups excluding carboxylic acids is 1. The predicted octanol–water partition coefficient (Wildman–Crippen LogP) is 1.77. The van der Waals surface area contributed by atoms with Crippen molar-refractivity contribution in [2.75, 3.05) is 18.4 Å². The number of hydrogen-bond acceptors (Lipinski definition) is 5. The summed E-state index contributed by atoms with van der Waals surface area (Å²) < 4.78 is 31.2. The van der Waals surface area contributed by atoms with E-state index in [9.17, 15) is 13.2 Å². The SMILES string of the molecule is N#C/C(=C/Nc1cccc(S(=O)(=O)O)c1)C(=O)N1CCCCC1. The van der Waals surface area contributed by atoms with Crippen molar-refractivity contribution in [3.05, 3.63) is 36.0 Å². The standard InChI is InChI=1S/C15H17N3O4S/c16-10-12(15(19)18-7-2-1-3-8-18)11-17-13-5-4-6-14(9-13)23(20,21)22/h4-6,9,11,17H,1-3,7-8H2,(H,20,21,22)/b12-11-. The van der Waals surface area contributed by atoms with Crippen LogP contribution < -0.4 is 5.32 Å². The van der Waals surface area contributed by atoms with Gasteiger partial charge < -0.3 is 10.2 Å². The quantitative estimate of drug-likeness (QED) is 0.493. The number of nitriles is 1. The summed E-state index contributed by atoms with van der Waals surface area (Å²) in [6.45, 7) is 1.27. The van der Waals surface area contributed by atoms with E-state index in [1.807, 2.05) is 6.07 Å². The average Bonchev–Trinajstić information content (AvgIpc) is 2.55. The van der Waals surface area contributed by atoms with E-state index >= 15 is 0 Å². The lowest BCUT2D eigenvalue weighted by atomic mass is 10.1. The van der Waals surface area contributed by atoms with Gasteiger partial charge in [0.25, 0.3) is 16.0 Å². The first-order valence-corrected chi connectivity index (χ1v) is 8.59. The second-order valence-corrected chi connectivity index (χ2v) is 6.59. The zero-order chi connectivity index (χ0) is 16.9. The number of benzene rings is 1. The minimum atomic E-state index is -4.30. The van der Waals surface area contributed by atoms with Gasteiger partial charge in [-0.2, -0.15) is 13.7 Å². The Labute approximate surface area is 135 Å². The minimum Gasteiger partial charge on any atom is -0.360 e. The molecule has 0 spiro atoms. The second-order valence-electron chi connectivity index (χ2n) is 5.17. The van der Waals surface area contributed by atoms with Gasteiger partial charge in [0.15, 0.2) is 0 Å². The maximum absolute atomic E-state index is 12.2. The van der Waals surface area contributed by atoms with Gasteiger partial charge in [-0.3, -0.25) is 9.35 Å². The van der Waals surface area contributed by atoms with Crippen molar-refractivity contribution in [1.82, 2.24) is 4.90 Å². The number of nitrogens with zero attached hydrogens (tertiary/aromatic N) is 2. The van der Waals surface area contributed by atoms with Crippen molar-refractivity contribution in [1.29, 1.82) is 5.26 Å². The van der Waals surface area contributed by atoms with E-state index in [4.69, 9.17) is 9.81 Å². The summed E-state index contributed by atoms with van der Waals surface area (Å²) in [6.07, 6.45) is 4.18. The van der Waals surface area contributed by atoms with E-state index < -0.39 is 10.1 Å². The molecule has 1 fully saturated rings. The van der Waals surface area contributed by atoms with Gasteiger partial charge in [0.2, 0.25) is 0 Å². The Morgan fingerprint density at radius 3 is 2.61 bits per heavy atom. The summed E-state index contributed by atoms with van der Waals surface area (Å²) in [7, 11) is -4.30. The highest BCUT2D eigenvalue weighted by Gasteiger charge is 2.20. The van der Waals surface area contributed by atoms with E-state index in [0.29, 0.717) is 18.8 Å². The van der Waals surface area contributed by atoms with Crippen LogP contribution in [0.4, 0.5) is 5.69 Å². The van der Waals surface area contributed by atoms with Gasteiger partial charge in [-0.25, -0.2) is 0 Å². The molecule has 1 amide bonds. The Balaban J connectivity index is 2.14. The number of likely N-dealkylation sites (tertiary alicyclic amines) is 1. The average molecular weight is 335 g/mol. The number of anilines is 1. The van der Waals surface area contributed by atoms with Gasteiger partial charge in [0, 0.05) is 25.0 Å². The number of rotatable bonds is 4. The molecule has 122 valence electrons. The lowest BCUT2D eigenvalue weighted by Gasteiger charge is -2.26. The van der Waals surface area contributed by atoms with E-state index in [1.54, 1.807) is 11.0 Å². The first-order chi connectivity index (χ1) is 10.9. The van der Waals surface area contributed by atoms with Crippen molar-refractivity contribution in [3.63, 3.8) is 0 Å². The molecule has 7 nitrogen and oxygen atoms in total. The van der Waals surface area contributed by atoms with Gasteiger partial charge in [0.05, 0.1) is 4.90 Å². The second kappa shape index (κ2) is 7.26. The zero-order valence-corrected chi connectivity index (χ0v) is 13.2. The van der Waals surface area contributed by atoms with Crippen LogP contribution >= 0.6 is 0 Å². The molecular formula is C15H17N3O4S. The normalized spacial score (nSPS) is 15.8. The molecule has 1 saturated heterocycles. The highest BCUT2D eigenvalue weighted by Crippen LogP contribution is 2.16. The molecule has 0 radical (unpaired) electrons. The van der Waals surface area contributed by atoms with Crippen LogP contribution in [0.2, 0.25) is 0 Å². The van der Waals surface area contributed by atoms with E-state index in [-0.39, 0.29) is 16.4 Å². The summed E-state index contributed by atoms with van der Waals surface area (Å²) in [6, 6.07) is 7.32. The first-order valence-electron chi connectivity index (χ1n) is 7.15. The van der Waals surface area contributed by atoms with E-state index in [0.717, 1.165) is 19.3 Å². The number of amides is 1. The lowest BCUT2D eigenvalue weighted by molar-refractivity contribution is -0.127. The molecule has 1 heterocycles. The summed E-state index contributed by atoms with van der Waals surface area (Å²) in [5.74, 6) is -0.342. The molecule has 1 aliphatic heterocycles. The smallest absolute Gasteiger partial charge is 0.294 e. The molecule has 23 heavy (non-hydrogen) atoms. The molecule has 0 bridgehead atoms. The zero-order valence-electron chi connectivity index (χ0n) is 12.4. The number of piperidine rings is 1. The van der Waals surface area contributed by atoms with Crippen LogP contribution in [0.1, 0.15) is 19.3 Å². The number of carbonyl (C=O) groups is 1. The predicted molar refractivity (Wildman–Crippen MR) is 84.0 cm³/mol. The van der Waals surface area contributed by atoms with Crippen LogP contribution in [-0.2, 0) is 14.9 Å². The van der Waals surface area contributed by atoms with E-state index in [1.165, 1.54) is 24.4 Å². The third kappa shape index (κ3) is 4.55. The Hall–Kier alpha value is -2.37. The fraction of sp³-hybridized carbons (Fsp3) is 0.333. The molecule has 1 aromatic rings. The monoisotopic (exact) mass is 335 g/mol. The van der Waals surface area contributed by atoms with Crippen molar-refractivity contribution >= 4 is 21.7 Å². The highest BCUT2D eigenvalue weighted by atomic mass is 32.2. The maximum Gasteiger partial charge on any atom is 0.294 e. The molecule has 0 aliphatic carbocycles. The van der Waals surface area contributed by atoms with E-state index in [2.05, 4.69) is 5.32 Å². The van der Waals surface area contributed by atoms with Gasteiger partial charge in [0.1, 0.15) is 11.6 Å². The molecule has 1 aliphatic rings. The molecule has 8 heteroatoms. The third-order valence-electron chi connectivity index (χ3n) is 3.51. The molecule has 0 aromatic heterocycles. The molecule has 0 saturated carbocycles. The van der Waals surface area contributed by atoms with Gasteiger partial charge in [-0.15, -0.1) is 0 Å². The first kappa shape index (κ1) is 17.0. The van der Waals surface area contributed by atoms with Crippen LogP contribution in [0.15, 0.2) is 40.9 Å². The summed E-state index contributed by atoms with van der Waals surface area (Å²) >= 11 is 0. The highest BCUT2D eigenvalue weighted by molar-refractivity contribution is 7.85. The largest absolute Gasteiger partial charge is 0.360 e.